The Balaban J connectivity index is 1.68. The Morgan fingerprint density at radius 1 is 1.00 bits per heavy atom. The molecule has 1 heteroatoms. The van der Waals surface area contributed by atoms with Crippen molar-refractivity contribution in [1.82, 2.24) is 0 Å². The summed E-state index contributed by atoms with van der Waals surface area (Å²) in [6.45, 7) is 9.36. The maximum absolute atomic E-state index is 2.55. The van der Waals surface area contributed by atoms with Crippen LogP contribution in [0.4, 0.5) is 0 Å². The van der Waals surface area contributed by atoms with Crippen LogP contribution in [0.15, 0.2) is 48.0 Å². The topological polar surface area (TPSA) is 0 Å². The maximum atomic E-state index is 2.55. The first-order valence-electron chi connectivity index (χ1n) is 10.4. The Labute approximate surface area is 180 Å². The molecule has 0 bridgehead atoms. The van der Waals surface area contributed by atoms with Crippen molar-refractivity contribution in [2.75, 3.05) is 0 Å². The zero-order chi connectivity index (χ0) is 19.2. The van der Waals surface area contributed by atoms with Gasteiger partial charge in [-0.15, -0.1) is 0 Å². The van der Waals surface area contributed by atoms with Crippen LogP contribution in [-0.2, 0) is 30.1 Å². The molecule has 0 nitrogen and oxygen atoms in total. The molecule has 2 aliphatic carbocycles. The van der Waals surface area contributed by atoms with Gasteiger partial charge in [-0.3, -0.25) is 0 Å². The summed E-state index contributed by atoms with van der Waals surface area (Å²) in [6.07, 6.45) is 9.49. The van der Waals surface area contributed by atoms with Crippen LogP contribution < -0.4 is 0 Å². The number of hydrogen-bond acceptors (Lipinski definition) is 0. The molecule has 1 fully saturated rings. The molecule has 0 N–H and O–H groups in total. The van der Waals surface area contributed by atoms with Gasteiger partial charge < -0.3 is 0 Å². The minimum absolute atomic E-state index is 0.207. The normalized spacial score (nSPS) is 21.1. The molecule has 139 valence electrons. The summed E-state index contributed by atoms with van der Waals surface area (Å²) in [5, 5.41) is 0. The monoisotopic (exact) mass is 433 g/mol. The predicted octanol–water partition coefficient (Wildman–Crippen LogP) is 7.61. The van der Waals surface area contributed by atoms with Crippen molar-refractivity contribution in [2.45, 2.75) is 68.8 Å². The average Bonchev–Trinajstić information content (AvgIpc) is 3.19. The third kappa shape index (κ3) is 3.82. The summed E-state index contributed by atoms with van der Waals surface area (Å²) in [5.74, 6) is 0. The Morgan fingerprint density at radius 2 is 1.67 bits per heavy atom. The summed E-state index contributed by atoms with van der Waals surface area (Å²) < 4.78 is 0.651. The fourth-order valence-electron chi connectivity index (χ4n) is 4.92. The van der Waals surface area contributed by atoms with Crippen molar-refractivity contribution in [3.8, 4) is 11.1 Å². The van der Waals surface area contributed by atoms with Crippen LogP contribution in [0.3, 0.4) is 0 Å². The van der Waals surface area contributed by atoms with E-state index in [1.807, 2.05) is 0 Å². The van der Waals surface area contributed by atoms with Crippen molar-refractivity contribution in [3.63, 3.8) is 0 Å². The summed E-state index contributed by atoms with van der Waals surface area (Å²) in [7, 11) is 0. The van der Waals surface area contributed by atoms with Gasteiger partial charge >= 0.3 is 181 Å². The van der Waals surface area contributed by atoms with E-state index in [1.54, 1.807) is 35.9 Å². The van der Waals surface area contributed by atoms with Crippen molar-refractivity contribution in [3.05, 3.63) is 64.7 Å². The first-order valence-corrected chi connectivity index (χ1v) is 11.8. The fourth-order valence-corrected chi connectivity index (χ4v) is 5.99. The number of allylic oxidation sites excluding steroid dienone is 1. The van der Waals surface area contributed by atoms with E-state index >= 15 is 0 Å². The first-order chi connectivity index (χ1) is 12.8. The average molecular weight is 435 g/mol. The van der Waals surface area contributed by atoms with Crippen LogP contribution in [0, 0.1) is 5.41 Å². The number of fused-ring (bicyclic) bond motifs is 1. The van der Waals surface area contributed by atoms with Crippen LogP contribution in [0.2, 0.25) is 0 Å². The second-order valence-corrected chi connectivity index (χ2v) is 11.4. The number of benzene rings is 2. The molecule has 0 amide bonds. The van der Waals surface area contributed by atoms with Gasteiger partial charge in [0.15, 0.2) is 0 Å². The summed E-state index contributed by atoms with van der Waals surface area (Å²) >= 11 is 1.63. The standard InChI is InChI=1S/C26H31.Zr/c1-25(2,3)22-12-10-20(11-13-22)23-9-7-8-21-16-19(17-24(21)23)18-26(4)14-5-6-15-26;/h7-13,16-17H,5-6,14-15,18H2,1-4H3;. The van der Waals surface area contributed by atoms with E-state index in [2.05, 4.69) is 76.2 Å². The summed E-state index contributed by atoms with van der Waals surface area (Å²) in [4.78, 5) is 0. The van der Waals surface area contributed by atoms with Gasteiger partial charge in [0.05, 0.1) is 0 Å². The predicted molar refractivity (Wildman–Crippen MR) is 112 cm³/mol. The van der Waals surface area contributed by atoms with Crippen LogP contribution in [0.5, 0.6) is 0 Å². The molecular weight excluding hydrogens is 404 g/mol. The van der Waals surface area contributed by atoms with Gasteiger partial charge in [0.25, 0.3) is 0 Å². The molecule has 0 aromatic heterocycles. The molecule has 0 spiro atoms. The van der Waals surface area contributed by atoms with Gasteiger partial charge in [-0.25, -0.2) is 0 Å². The SMILES string of the molecule is CC1(CC2=Cc3c(-c4ccc(C(C)(C)C)cc4)cccc3[CH]2[Zr])CCCC1. The van der Waals surface area contributed by atoms with E-state index in [1.165, 1.54) is 54.4 Å². The van der Waals surface area contributed by atoms with Crippen molar-refractivity contribution < 1.29 is 24.7 Å². The second kappa shape index (κ2) is 7.15. The van der Waals surface area contributed by atoms with Crippen LogP contribution in [-0.4, -0.2) is 0 Å². The molecule has 0 heterocycles. The van der Waals surface area contributed by atoms with Gasteiger partial charge in [-0.05, 0) is 0 Å². The molecule has 2 aromatic carbocycles. The molecule has 2 aliphatic rings. The molecule has 4 rings (SSSR count). The minimum atomic E-state index is 0.207. The zero-order valence-corrected chi connectivity index (χ0v) is 19.7. The van der Waals surface area contributed by atoms with E-state index < -0.39 is 0 Å². The Bertz CT molecular complexity index is 858. The van der Waals surface area contributed by atoms with E-state index in [0.717, 1.165) is 0 Å². The molecule has 1 saturated carbocycles. The molecule has 0 aliphatic heterocycles. The van der Waals surface area contributed by atoms with Gasteiger partial charge in [-0.2, -0.15) is 0 Å². The molecule has 1 atom stereocenters. The first kappa shape index (κ1) is 19.4. The number of hydrogen-bond donors (Lipinski definition) is 0. The van der Waals surface area contributed by atoms with Crippen LogP contribution in [0.25, 0.3) is 17.2 Å². The molecule has 0 radical (unpaired) electrons. The van der Waals surface area contributed by atoms with E-state index in [9.17, 15) is 0 Å². The van der Waals surface area contributed by atoms with Gasteiger partial charge in [0.1, 0.15) is 0 Å². The van der Waals surface area contributed by atoms with Crippen molar-refractivity contribution >= 4 is 6.08 Å². The molecule has 1 unspecified atom stereocenters. The summed E-state index contributed by atoms with van der Waals surface area (Å²) in [5.41, 5.74) is 9.64. The Hall–Kier alpha value is -0.937. The van der Waals surface area contributed by atoms with Crippen molar-refractivity contribution in [2.24, 2.45) is 5.41 Å². The van der Waals surface area contributed by atoms with Crippen LogP contribution >= 0.6 is 0 Å². The molecule has 0 saturated heterocycles. The van der Waals surface area contributed by atoms with E-state index in [-0.39, 0.29) is 5.41 Å². The van der Waals surface area contributed by atoms with Gasteiger partial charge in [-0.1, -0.05) is 0 Å². The molecule has 27 heavy (non-hydrogen) atoms. The fraction of sp³-hybridized carbons (Fsp3) is 0.462. The van der Waals surface area contributed by atoms with E-state index in [0.29, 0.717) is 9.04 Å². The van der Waals surface area contributed by atoms with Crippen LogP contribution in [0.1, 0.15) is 80.1 Å². The van der Waals surface area contributed by atoms with E-state index in [4.69, 9.17) is 0 Å². The zero-order valence-electron chi connectivity index (χ0n) is 17.2. The third-order valence-corrected chi connectivity index (χ3v) is 8.33. The number of rotatable bonds is 3. The van der Waals surface area contributed by atoms with Gasteiger partial charge in [0, 0.05) is 0 Å². The van der Waals surface area contributed by atoms with Gasteiger partial charge in [0.2, 0.25) is 0 Å². The Kier molecular flexibility index (Phi) is 5.13. The molecule has 2 aromatic rings. The molecular formula is C26H31Zr. The Morgan fingerprint density at radius 3 is 2.30 bits per heavy atom. The third-order valence-electron chi connectivity index (χ3n) is 6.65. The summed E-state index contributed by atoms with van der Waals surface area (Å²) in [6, 6.07) is 16.2. The second-order valence-electron chi connectivity index (χ2n) is 9.98. The quantitative estimate of drug-likeness (QED) is 0.466. The van der Waals surface area contributed by atoms with Crippen molar-refractivity contribution in [1.29, 1.82) is 0 Å².